The summed E-state index contributed by atoms with van der Waals surface area (Å²) in [5, 5.41) is 0. The number of aryl methyl sites for hydroxylation is 2. The highest BCUT2D eigenvalue weighted by molar-refractivity contribution is 6.34. The maximum atomic E-state index is 12.8. The van der Waals surface area contributed by atoms with E-state index in [0.29, 0.717) is 16.8 Å². The van der Waals surface area contributed by atoms with E-state index in [1.807, 2.05) is 32.0 Å². The summed E-state index contributed by atoms with van der Waals surface area (Å²) < 4.78 is 5.52. The van der Waals surface area contributed by atoms with E-state index in [1.165, 1.54) is 12.1 Å². The molecule has 0 radical (unpaired) electrons. The number of fused-ring (bicyclic) bond motifs is 1. The van der Waals surface area contributed by atoms with Gasteiger partial charge in [0.1, 0.15) is 5.75 Å². The Hall–Kier alpha value is -4.26. The zero-order valence-electron chi connectivity index (χ0n) is 18.8. The summed E-state index contributed by atoms with van der Waals surface area (Å²) in [6, 6.07) is 18.7. The number of carbonyl (C=O) groups is 4. The van der Waals surface area contributed by atoms with Crippen molar-refractivity contribution in [1.82, 2.24) is 0 Å². The van der Waals surface area contributed by atoms with E-state index in [9.17, 15) is 19.2 Å². The average molecular weight is 454 g/mol. The number of carbonyl (C=O) groups excluding carboxylic acids is 4. The molecule has 7 nitrogen and oxygen atoms in total. The highest BCUT2D eigenvalue weighted by Crippen LogP contribution is 2.32. The molecule has 1 atom stereocenters. The molecule has 0 bridgehead atoms. The van der Waals surface area contributed by atoms with Crippen molar-refractivity contribution in [2.75, 3.05) is 16.3 Å². The summed E-state index contributed by atoms with van der Waals surface area (Å²) in [4.78, 5) is 53.5. The van der Waals surface area contributed by atoms with E-state index in [2.05, 4.69) is 0 Å². The van der Waals surface area contributed by atoms with Crippen LogP contribution in [0.25, 0.3) is 0 Å². The second-order valence-corrected chi connectivity index (χ2v) is 8.55. The molecule has 3 aromatic carbocycles. The van der Waals surface area contributed by atoms with Crippen LogP contribution in [-0.2, 0) is 9.59 Å². The summed E-state index contributed by atoms with van der Waals surface area (Å²) in [5.74, 6) is -1.68. The molecule has 3 amide bonds. The number of rotatable bonds is 4. The van der Waals surface area contributed by atoms with Gasteiger partial charge in [-0.05, 0) is 61.4 Å². The van der Waals surface area contributed by atoms with Gasteiger partial charge in [-0.1, -0.05) is 30.3 Å². The number of esters is 1. The number of para-hydroxylation sites is 1. The fourth-order valence-corrected chi connectivity index (χ4v) is 4.60. The zero-order chi connectivity index (χ0) is 24.0. The van der Waals surface area contributed by atoms with Gasteiger partial charge in [-0.3, -0.25) is 19.2 Å². The summed E-state index contributed by atoms with van der Waals surface area (Å²) in [7, 11) is 0. The lowest BCUT2D eigenvalue weighted by Gasteiger charge is -2.21. The van der Waals surface area contributed by atoms with E-state index in [0.717, 1.165) is 21.7 Å². The van der Waals surface area contributed by atoms with Crippen molar-refractivity contribution >= 4 is 35.1 Å². The van der Waals surface area contributed by atoms with Gasteiger partial charge in [0.15, 0.2) is 0 Å². The monoisotopic (exact) mass is 454 g/mol. The van der Waals surface area contributed by atoms with Crippen molar-refractivity contribution in [2.45, 2.75) is 20.3 Å². The van der Waals surface area contributed by atoms with E-state index < -0.39 is 11.9 Å². The van der Waals surface area contributed by atoms with Crippen molar-refractivity contribution in [2.24, 2.45) is 5.92 Å². The molecule has 2 aliphatic rings. The molecule has 1 fully saturated rings. The van der Waals surface area contributed by atoms with Gasteiger partial charge in [-0.15, -0.1) is 0 Å². The smallest absolute Gasteiger partial charge is 0.316 e. The minimum Gasteiger partial charge on any atom is -0.426 e. The summed E-state index contributed by atoms with van der Waals surface area (Å²) in [6.45, 7) is 4.14. The fourth-order valence-electron chi connectivity index (χ4n) is 4.60. The molecule has 170 valence electrons. The van der Waals surface area contributed by atoms with Crippen LogP contribution in [0, 0.1) is 19.8 Å². The highest BCUT2D eigenvalue weighted by Gasteiger charge is 2.38. The predicted octanol–water partition coefficient (Wildman–Crippen LogP) is 4.06. The molecule has 5 rings (SSSR count). The molecule has 0 saturated carbocycles. The lowest BCUT2D eigenvalue weighted by atomic mass is 10.1. The second-order valence-electron chi connectivity index (χ2n) is 8.55. The molecular formula is C27H22N2O5. The predicted molar refractivity (Wildman–Crippen MR) is 126 cm³/mol. The Morgan fingerprint density at radius 1 is 0.824 bits per heavy atom. The van der Waals surface area contributed by atoms with E-state index in [-0.39, 0.29) is 36.4 Å². The van der Waals surface area contributed by atoms with Gasteiger partial charge in [0.2, 0.25) is 5.91 Å². The van der Waals surface area contributed by atoms with Gasteiger partial charge in [-0.25, -0.2) is 4.90 Å². The van der Waals surface area contributed by atoms with E-state index in [1.54, 1.807) is 41.3 Å². The third-order valence-electron chi connectivity index (χ3n) is 6.28. The Kier molecular flexibility index (Phi) is 5.24. The third-order valence-corrected chi connectivity index (χ3v) is 6.28. The van der Waals surface area contributed by atoms with E-state index in [4.69, 9.17) is 4.74 Å². The SMILES string of the molecule is Cc1cccc(C)c1N1C[C@@H](C(=O)Oc2ccc(N3C(=O)c4ccccc4C3=O)cc2)CC1=O. The maximum absolute atomic E-state index is 12.8. The number of benzene rings is 3. The first-order valence-electron chi connectivity index (χ1n) is 11.0. The molecule has 34 heavy (non-hydrogen) atoms. The number of nitrogens with zero attached hydrogens (tertiary/aromatic N) is 2. The van der Waals surface area contributed by atoms with Crippen LogP contribution in [0.15, 0.2) is 66.7 Å². The number of hydrogen-bond acceptors (Lipinski definition) is 5. The number of imide groups is 1. The molecule has 0 unspecified atom stereocenters. The van der Waals surface area contributed by atoms with Crippen molar-refractivity contribution in [3.63, 3.8) is 0 Å². The first-order chi connectivity index (χ1) is 16.3. The number of amides is 3. The first-order valence-corrected chi connectivity index (χ1v) is 11.0. The largest absolute Gasteiger partial charge is 0.426 e. The van der Waals surface area contributed by atoms with Crippen LogP contribution in [0.5, 0.6) is 5.75 Å². The van der Waals surface area contributed by atoms with E-state index >= 15 is 0 Å². The van der Waals surface area contributed by atoms with Gasteiger partial charge in [0.05, 0.1) is 22.7 Å². The Balaban J connectivity index is 1.28. The van der Waals surface area contributed by atoms with Crippen LogP contribution in [0.2, 0.25) is 0 Å². The number of anilines is 2. The summed E-state index contributed by atoms with van der Waals surface area (Å²) >= 11 is 0. The Bertz CT molecular complexity index is 1290. The van der Waals surface area contributed by atoms with Crippen molar-refractivity contribution in [3.05, 3.63) is 89.0 Å². The highest BCUT2D eigenvalue weighted by atomic mass is 16.5. The molecular weight excluding hydrogens is 432 g/mol. The standard InChI is InChI=1S/C27H22N2O5/c1-16-6-5-7-17(2)24(16)28-15-18(14-23(28)30)27(33)34-20-12-10-19(11-13-20)29-25(31)21-8-3-4-9-22(21)26(29)32/h3-13,18H,14-15H2,1-2H3/t18-/m0/s1. The topological polar surface area (TPSA) is 84.0 Å². The minimum absolute atomic E-state index is 0.0831. The third kappa shape index (κ3) is 3.55. The Labute approximate surface area is 196 Å². The van der Waals surface area contributed by atoms with Crippen LogP contribution in [-0.4, -0.2) is 30.2 Å². The van der Waals surface area contributed by atoms with Gasteiger partial charge in [-0.2, -0.15) is 0 Å². The molecule has 0 N–H and O–H groups in total. The van der Waals surface area contributed by atoms with Gasteiger partial charge in [0.25, 0.3) is 11.8 Å². The zero-order valence-corrected chi connectivity index (χ0v) is 18.8. The van der Waals surface area contributed by atoms with Crippen LogP contribution < -0.4 is 14.5 Å². The molecule has 0 spiro atoms. The number of ether oxygens (including phenoxy) is 1. The average Bonchev–Trinajstić information content (AvgIpc) is 3.32. The summed E-state index contributed by atoms with van der Waals surface area (Å²) in [5.41, 5.74) is 3.92. The van der Waals surface area contributed by atoms with Crippen LogP contribution in [0.3, 0.4) is 0 Å². The molecule has 7 heteroatoms. The lowest BCUT2D eigenvalue weighted by Crippen LogP contribution is -2.29. The summed E-state index contributed by atoms with van der Waals surface area (Å²) in [6.07, 6.45) is 0.0831. The van der Waals surface area contributed by atoms with Crippen LogP contribution in [0.4, 0.5) is 11.4 Å². The Morgan fingerprint density at radius 2 is 1.41 bits per heavy atom. The van der Waals surface area contributed by atoms with Gasteiger partial charge >= 0.3 is 5.97 Å². The van der Waals surface area contributed by atoms with Crippen molar-refractivity contribution in [1.29, 1.82) is 0 Å². The van der Waals surface area contributed by atoms with Crippen LogP contribution >= 0.6 is 0 Å². The molecule has 0 aliphatic carbocycles. The first kappa shape index (κ1) is 21.6. The normalized spacial score (nSPS) is 17.4. The molecule has 3 aromatic rings. The fraction of sp³-hybridized carbons (Fsp3) is 0.185. The van der Waals surface area contributed by atoms with Crippen molar-refractivity contribution in [3.8, 4) is 5.75 Å². The number of hydrogen-bond donors (Lipinski definition) is 0. The Morgan fingerprint density at radius 3 is 2.00 bits per heavy atom. The lowest BCUT2D eigenvalue weighted by molar-refractivity contribution is -0.139. The molecule has 2 aliphatic heterocycles. The molecule has 2 heterocycles. The molecule has 1 saturated heterocycles. The van der Waals surface area contributed by atoms with Crippen molar-refractivity contribution < 1.29 is 23.9 Å². The van der Waals surface area contributed by atoms with Crippen LogP contribution in [0.1, 0.15) is 38.3 Å². The maximum Gasteiger partial charge on any atom is 0.316 e. The molecule has 0 aromatic heterocycles. The minimum atomic E-state index is -0.581. The second kappa shape index (κ2) is 8.26. The van der Waals surface area contributed by atoms with Gasteiger partial charge in [0, 0.05) is 18.7 Å². The van der Waals surface area contributed by atoms with Gasteiger partial charge < -0.3 is 9.64 Å². The quantitative estimate of drug-likeness (QED) is 0.337.